The molecule has 3 rings (SSSR count). The number of anilines is 1. The molecule has 0 saturated carbocycles. The van der Waals surface area contributed by atoms with Crippen LogP contribution in [0.4, 0.5) is 5.13 Å². The van der Waals surface area contributed by atoms with E-state index in [1.54, 1.807) is 13.8 Å². The number of hydrogen-bond donors (Lipinski definition) is 9. The van der Waals surface area contributed by atoms with Crippen LogP contribution >= 0.6 is 23.1 Å². The van der Waals surface area contributed by atoms with Gasteiger partial charge in [0.2, 0.25) is 35.4 Å². The average Bonchev–Trinajstić information content (AvgIpc) is 3.69. The number of nitrogens with two attached hydrogens (primary N) is 1. The lowest BCUT2D eigenvalue weighted by Gasteiger charge is -2.29. The number of thioether (sulfide) groups is 1. The van der Waals surface area contributed by atoms with E-state index in [2.05, 4.69) is 43.8 Å². The van der Waals surface area contributed by atoms with E-state index in [0.29, 0.717) is 48.6 Å². The Hall–Kier alpha value is -3.91. The number of hydrogen-bond acceptors (Lipinski definition) is 13. The van der Waals surface area contributed by atoms with Gasteiger partial charge < -0.3 is 47.3 Å². The van der Waals surface area contributed by atoms with Crippen LogP contribution in [-0.2, 0) is 48.1 Å². The van der Waals surface area contributed by atoms with Gasteiger partial charge in [0.25, 0.3) is 0 Å². The van der Waals surface area contributed by atoms with Crippen LogP contribution in [0.2, 0.25) is 0 Å². The molecule has 5 amide bonds. The Labute approximate surface area is 356 Å². The van der Waals surface area contributed by atoms with Crippen LogP contribution in [0.1, 0.15) is 103 Å². The van der Waals surface area contributed by atoms with Gasteiger partial charge >= 0.3 is 0 Å². The number of aryl methyl sites for hydroxylation is 1. The van der Waals surface area contributed by atoms with Crippen molar-refractivity contribution in [2.24, 2.45) is 11.1 Å². The van der Waals surface area contributed by atoms with Crippen LogP contribution in [0.15, 0.2) is 11.0 Å². The molecule has 0 aromatic carbocycles. The molecule has 1 unspecified atom stereocenters. The maximum Gasteiger partial charge on any atom is 0.240 e. The molecule has 59 heavy (non-hydrogen) atoms. The second kappa shape index (κ2) is 25.0. The van der Waals surface area contributed by atoms with E-state index in [1.807, 2.05) is 13.8 Å². The van der Waals surface area contributed by atoms with Crippen molar-refractivity contribution >= 4 is 57.8 Å². The Morgan fingerprint density at radius 3 is 2.42 bits per heavy atom. The first-order valence-electron chi connectivity index (χ1n) is 20.7. The number of thiazole rings is 1. The number of fused-ring (bicyclic) bond motifs is 1. The van der Waals surface area contributed by atoms with Gasteiger partial charge in [0.15, 0.2) is 11.0 Å². The van der Waals surface area contributed by atoms with Gasteiger partial charge in [-0.25, -0.2) is 4.98 Å². The van der Waals surface area contributed by atoms with E-state index >= 15 is 0 Å². The van der Waals surface area contributed by atoms with Gasteiger partial charge in [-0.3, -0.25) is 33.9 Å². The molecule has 2 aromatic heterocycles. The molecule has 1 aliphatic rings. The molecule has 1 aliphatic carbocycles. The number of nitrogens with zero attached hydrogens (tertiary/aromatic N) is 2. The van der Waals surface area contributed by atoms with E-state index in [0.717, 1.165) is 69.4 Å². The van der Waals surface area contributed by atoms with Crippen LogP contribution in [0, 0.1) is 5.41 Å². The first-order chi connectivity index (χ1) is 28.0. The Kier molecular flexibility index (Phi) is 21.0. The van der Waals surface area contributed by atoms with Crippen LogP contribution in [0.25, 0.3) is 0 Å². The Balaban J connectivity index is 1.20. The van der Waals surface area contributed by atoms with Crippen molar-refractivity contribution in [3.05, 3.63) is 16.6 Å². The highest BCUT2D eigenvalue weighted by Gasteiger charge is 2.29. The SMILES string of the molecule is CCCNC1CCc2nc(NC(=O)CNCC(=O)NCCCCCCSc3cc(O)n(CCC(=O)NCCC(C)(C)OCCC(C)(C)C(=O)NCC(N)=O)c3O)sc2C1. The molecule has 0 radical (unpaired) electrons. The van der Waals surface area contributed by atoms with E-state index in [4.69, 9.17) is 10.5 Å². The van der Waals surface area contributed by atoms with Crippen molar-refractivity contribution in [2.45, 2.75) is 128 Å². The predicted molar refractivity (Wildman–Crippen MR) is 231 cm³/mol. The van der Waals surface area contributed by atoms with Gasteiger partial charge in [-0.2, -0.15) is 0 Å². The fourth-order valence-corrected chi connectivity index (χ4v) is 8.37. The summed E-state index contributed by atoms with van der Waals surface area (Å²) in [5.41, 5.74) is 4.85. The van der Waals surface area contributed by atoms with E-state index in [1.165, 1.54) is 38.6 Å². The van der Waals surface area contributed by atoms with Crippen molar-refractivity contribution in [3.8, 4) is 11.8 Å². The van der Waals surface area contributed by atoms with Crippen molar-refractivity contribution < 1.29 is 38.9 Å². The summed E-state index contributed by atoms with van der Waals surface area (Å²) in [6.07, 6.45) is 8.55. The molecule has 0 bridgehead atoms. The molecule has 19 heteroatoms. The molecule has 1 atom stereocenters. The van der Waals surface area contributed by atoms with Crippen molar-refractivity contribution in [2.75, 3.05) is 56.9 Å². The normalized spacial score (nSPS) is 14.1. The highest BCUT2D eigenvalue weighted by Crippen LogP contribution is 2.36. The first kappa shape index (κ1) is 49.5. The fourth-order valence-electron chi connectivity index (χ4n) is 6.26. The van der Waals surface area contributed by atoms with Gasteiger partial charge in [-0.15, -0.1) is 23.1 Å². The minimum absolute atomic E-state index is 0.0205. The predicted octanol–water partition coefficient (Wildman–Crippen LogP) is 2.92. The van der Waals surface area contributed by atoms with Crippen LogP contribution in [0.5, 0.6) is 11.8 Å². The highest BCUT2D eigenvalue weighted by molar-refractivity contribution is 7.99. The lowest BCUT2D eigenvalue weighted by Crippen LogP contribution is -2.42. The number of aromatic nitrogens is 2. The third kappa shape index (κ3) is 18.5. The average molecular weight is 866 g/mol. The number of primary amides is 1. The molecule has 2 aromatic rings. The van der Waals surface area contributed by atoms with Crippen LogP contribution < -0.4 is 37.6 Å². The molecule has 0 fully saturated rings. The summed E-state index contributed by atoms with van der Waals surface area (Å²) in [4.78, 5) is 66.8. The van der Waals surface area contributed by atoms with Crippen molar-refractivity contribution in [1.82, 2.24) is 36.1 Å². The molecular formula is C40H67N9O8S2. The second-order valence-electron chi connectivity index (χ2n) is 16.1. The van der Waals surface area contributed by atoms with Crippen molar-refractivity contribution in [1.29, 1.82) is 0 Å². The largest absolute Gasteiger partial charge is 0.494 e. The maximum absolute atomic E-state index is 12.5. The zero-order chi connectivity index (χ0) is 43.4. The molecule has 2 heterocycles. The zero-order valence-corrected chi connectivity index (χ0v) is 37.1. The van der Waals surface area contributed by atoms with Crippen LogP contribution in [0.3, 0.4) is 0 Å². The minimum atomic E-state index is -0.751. The van der Waals surface area contributed by atoms with E-state index in [9.17, 15) is 34.2 Å². The summed E-state index contributed by atoms with van der Waals surface area (Å²) in [5, 5.41) is 39.3. The molecule has 0 aliphatic heterocycles. The molecular weight excluding hydrogens is 799 g/mol. The van der Waals surface area contributed by atoms with Gasteiger partial charge in [0.05, 0.1) is 35.8 Å². The third-order valence-corrected chi connectivity index (χ3v) is 12.1. The summed E-state index contributed by atoms with van der Waals surface area (Å²) >= 11 is 2.96. The third-order valence-electron chi connectivity index (χ3n) is 9.97. The summed E-state index contributed by atoms with van der Waals surface area (Å²) in [6, 6.07) is 1.96. The first-order valence-corrected chi connectivity index (χ1v) is 22.5. The minimum Gasteiger partial charge on any atom is -0.494 e. The highest BCUT2D eigenvalue weighted by atomic mass is 32.2. The van der Waals surface area contributed by atoms with Gasteiger partial charge in [-0.1, -0.05) is 33.6 Å². The number of aromatic hydroxyl groups is 2. The monoisotopic (exact) mass is 865 g/mol. The Morgan fingerprint density at radius 2 is 1.68 bits per heavy atom. The van der Waals surface area contributed by atoms with E-state index < -0.39 is 16.9 Å². The summed E-state index contributed by atoms with van der Waals surface area (Å²) < 4.78 is 7.29. The number of unbranched alkanes of at least 4 members (excludes halogenated alkanes) is 3. The second-order valence-corrected chi connectivity index (χ2v) is 18.4. The Bertz CT molecular complexity index is 1680. The lowest BCUT2D eigenvalue weighted by atomic mass is 9.88. The number of ether oxygens (including phenoxy) is 1. The zero-order valence-electron chi connectivity index (χ0n) is 35.4. The fraction of sp³-hybridized carbons (Fsp3) is 0.700. The number of amides is 5. The van der Waals surface area contributed by atoms with E-state index in [-0.39, 0.29) is 68.0 Å². The quantitative estimate of drug-likeness (QED) is 0.0423. The maximum atomic E-state index is 12.5. The molecule has 0 spiro atoms. The summed E-state index contributed by atoms with van der Waals surface area (Å²) in [7, 11) is 0. The number of rotatable bonds is 29. The Morgan fingerprint density at radius 1 is 0.949 bits per heavy atom. The van der Waals surface area contributed by atoms with Gasteiger partial charge in [-0.05, 0) is 77.5 Å². The molecule has 0 saturated heterocycles. The number of carbonyl (C=O) groups is 5. The topological polar surface area (TPSA) is 251 Å². The van der Waals surface area contributed by atoms with Gasteiger partial charge in [0, 0.05) is 55.1 Å². The molecule has 10 N–H and O–H groups in total. The van der Waals surface area contributed by atoms with Gasteiger partial charge in [0.1, 0.15) is 0 Å². The summed E-state index contributed by atoms with van der Waals surface area (Å²) in [5.74, 6) is -0.989. The lowest BCUT2D eigenvalue weighted by molar-refractivity contribution is -0.133. The molecule has 332 valence electrons. The standard InChI is InChI=1S/C40H67N9O8S2/c1-6-16-43-27-11-12-28-29(22-27)59-38(47-28)48-34(53)26-42-25-33(52)44-17-9-7-8-10-21-58-30-23-35(54)49(36(30)55)19-13-32(51)45-18-14-40(4,5)57-20-15-39(2,3)37(56)46-24-31(41)50/h23,27,42-43,54-55H,6-22,24-26H2,1-5H3,(H2,41,50)(H,44,52)(H,45,51)(H,46,56)(H,47,48,53). The summed E-state index contributed by atoms with van der Waals surface area (Å²) in [6.45, 7) is 11.6. The number of nitrogens with one attached hydrogen (secondary N) is 6. The van der Waals surface area contributed by atoms with Crippen molar-refractivity contribution in [3.63, 3.8) is 0 Å². The van der Waals surface area contributed by atoms with Crippen LogP contribution in [-0.4, -0.2) is 113 Å². The molecule has 17 nitrogen and oxygen atoms in total. The smallest absolute Gasteiger partial charge is 0.240 e. The number of carbonyl (C=O) groups excluding carboxylic acids is 5.